The maximum Gasteiger partial charge on any atom is 0.330 e. The van der Waals surface area contributed by atoms with Crippen LogP contribution in [0.2, 0.25) is 0 Å². The number of fused-ring (bicyclic) bond motifs is 1. The summed E-state index contributed by atoms with van der Waals surface area (Å²) in [4.78, 5) is 88.2. The van der Waals surface area contributed by atoms with E-state index in [9.17, 15) is 24.0 Å². The molecule has 2 aliphatic rings. The molecule has 1 fully saturated rings. The average molecular weight is 803 g/mol. The molecular formula is C44H54N10O5. The zero-order valence-electron chi connectivity index (χ0n) is 34.9. The van der Waals surface area contributed by atoms with Gasteiger partial charge in [-0.1, -0.05) is 64.1 Å². The third kappa shape index (κ3) is 8.45. The highest BCUT2D eigenvalue weighted by molar-refractivity contribution is 6.07. The first-order chi connectivity index (χ1) is 28.0. The number of aromatic nitrogens is 3. The van der Waals surface area contributed by atoms with Crippen LogP contribution in [0.5, 0.6) is 0 Å². The van der Waals surface area contributed by atoms with Crippen molar-refractivity contribution in [3.63, 3.8) is 0 Å². The molecule has 15 heteroatoms. The fourth-order valence-electron chi connectivity index (χ4n) is 8.26. The van der Waals surface area contributed by atoms with Crippen LogP contribution < -0.4 is 31.5 Å². The lowest BCUT2D eigenvalue weighted by atomic mass is 9.73. The number of likely N-dealkylation sites (tertiary alicyclic amines) is 1. The molecule has 2 aromatic carbocycles. The summed E-state index contributed by atoms with van der Waals surface area (Å²) in [5.74, 6) is -3.13. The van der Waals surface area contributed by atoms with E-state index in [1.165, 1.54) is 9.80 Å². The second-order valence-corrected chi connectivity index (χ2v) is 16.2. The molecule has 0 bridgehead atoms. The number of benzene rings is 2. The minimum absolute atomic E-state index is 0.156. The second-order valence-electron chi connectivity index (χ2n) is 16.2. The monoisotopic (exact) mass is 802 g/mol. The lowest BCUT2D eigenvalue weighted by Crippen LogP contribution is -2.67. The van der Waals surface area contributed by atoms with Gasteiger partial charge in [-0.2, -0.15) is 4.98 Å². The molecule has 4 atom stereocenters. The number of amides is 6. The Hall–Kier alpha value is -6.38. The molecule has 6 rings (SSSR count). The molecule has 0 spiro atoms. The minimum atomic E-state index is -1.62. The van der Waals surface area contributed by atoms with Crippen molar-refractivity contribution in [3.05, 3.63) is 101 Å². The number of carbonyl (C=O) groups excluding carboxylic acids is 5. The van der Waals surface area contributed by atoms with Crippen molar-refractivity contribution in [1.82, 2.24) is 30.5 Å². The van der Waals surface area contributed by atoms with Gasteiger partial charge in [0.2, 0.25) is 23.7 Å². The molecule has 1 saturated heterocycles. The number of pyridine rings is 1. The Morgan fingerprint density at radius 1 is 0.881 bits per heavy atom. The number of carbonyl (C=O) groups is 5. The summed E-state index contributed by atoms with van der Waals surface area (Å²) in [5.41, 5.74) is 9.23. The number of urea groups is 1. The number of aryl methyl sites for hydroxylation is 2. The molecule has 310 valence electrons. The SMILES string of the molecule is Cc1ccc(Nc2ncc3c(n2)N(C)C(=O)N(c2cc(C(=O)N[C@H](C(=O)N4CCCC4(C(N)=O)[C@@H](C(=O)N[C@H](C)c4ccccc4)C(C)C)C(C)C)ccc2C)C3)cn1. The average Bonchev–Trinajstić information content (AvgIpc) is 3.65. The normalized spacial score (nSPS) is 18.0. The van der Waals surface area contributed by atoms with Crippen molar-refractivity contribution >= 4 is 52.8 Å². The molecule has 0 aliphatic carbocycles. The number of hydrogen-bond acceptors (Lipinski definition) is 9. The van der Waals surface area contributed by atoms with Gasteiger partial charge in [0.15, 0.2) is 0 Å². The van der Waals surface area contributed by atoms with E-state index >= 15 is 0 Å². The fraction of sp³-hybridized carbons (Fsp3) is 0.409. The van der Waals surface area contributed by atoms with Crippen molar-refractivity contribution in [3.8, 4) is 0 Å². The summed E-state index contributed by atoms with van der Waals surface area (Å²) in [5, 5.41) is 9.11. The molecule has 2 aliphatic heterocycles. The van der Waals surface area contributed by atoms with E-state index in [-0.39, 0.29) is 49.0 Å². The smallest absolute Gasteiger partial charge is 0.330 e. The van der Waals surface area contributed by atoms with Crippen LogP contribution in [0.4, 0.5) is 27.9 Å². The van der Waals surface area contributed by atoms with Crippen molar-refractivity contribution < 1.29 is 24.0 Å². The standard InChI is InChI=1S/C44H54N10O5/c1-25(2)35(39(56)48-29(7)30-13-10-9-11-14-30)44(41(45)58)19-12-20-54(44)40(57)36(26(3)4)50-38(55)31-17-15-27(5)34(21-31)53-24-32-22-47-42(51-37(32)52(8)43(53)59)49-33-18-16-28(6)46-23-33/h9-11,13-18,21-23,25-26,29,35-36H,12,19-20,24H2,1-8H3,(H2,45,58)(H,48,56)(H,50,55)(H,47,49,51)/t29-,35-,36+,44?/m1/s1. The molecular weight excluding hydrogens is 749 g/mol. The fourth-order valence-corrected chi connectivity index (χ4v) is 8.26. The Morgan fingerprint density at radius 3 is 2.25 bits per heavy atom. The molecule has 15 nitrogen and oxygen atoms in total. The topological polar surface area (TPSA) is 196 Å². The van der Waals surface area contributed by atoms with Gasteiger partial charge >= 0.3 is 6.03 Å². The van der Waals surface area contributed by atoms with Gasteiger partial charge in [0.1, 0.15) is 17.4 Å². The summed E-state index contributed by atoms with van der Waals surface area (Å²) in [6, 6.07) is 16.5. The van der Waals surface area contributed by atoms with E-state index in [4.69, 9.17) is 5.73 Å². The number of nitrogens with zero attached hydrogens (tertiary/aromatic N) is 6. The molecule has 0 radical (unpaired) electrons. The molecule has 2 aromatic heterocycles. The first kappa shape index (κ1) is 42.2. The van der Waals surface area contributed by atoms with Gasteiger partial charge in [-0.15, -0.1) is 0 Å². The number of primary amides is 1. The number of nitrogens with one attached hydrogen (secondary N) is 3. The van der Waals surface area contributed by atoms with Crippen LogP contribution in [0.15, 0.2) is 73.1 Å². The van der Waals surface area contributed by atoms with Gasteiger partial charge in [-0.25, -0.2) is 9.78 Å². The summed E-state index contributed by atoms with van der Waals surface area (Å²) in [6.07, 6.45) is 4.00. The second kappa shape index (κ2) is 17.2. The van der Waals surface area contributed by atoms with Gasteiger partial charge in [-0.05, 0) is 80.8 Å². The van der Waals surface area contributed by atoms with Gasteiger partial charge in [0.05, 0.1) is 30.4 Å². The van der Waals surface area contributed by atoms with Crippen molar-refractivity contribution in [1.29, 1.82) is 0 Å². The van der Waals surface area contributed by atoms with E-state index in [1.807, 2.05) is 77.1 Å². The third-order valence-electron chi connectivity index (χ3n) is 11.4. The summed E-state index contributed by atoms with van der Waals surface area (Å²) < 4.78 is 0. The van der Waals surface area contributed by atoms with E-state index in [1.54, 1.807) is 56.4 Å². The van der Waals surface area contributed by atoms with E-state index < -0.39 is 41.1 Å². The van der Waals surface area contributed by atoms with E-state index in [2.05, 4.69) is 30.9 Å². The van der Waals surface area contributed by atoms with E-state index in [0.29, 0.717) is 35.1 Å². The quantitative estimate of drug-likeness (QED) is 0.134. The van der Waals surface area contributed by atoms with Crippen LogP contribution in [0.1, 0.15) is 86.2 Å². The van der Waals surface area contributed by atoms with E-state index in [0.717, 1.165) is 16.8 Å². The summed E-state index contributed by atoms with van der Waals surface area (Å²) >= 11 is 0. The number of rotatable bonds is 13. The summed E-state index contributed by atoms with van der Waals surface area (Å²) in [6.45, 7) is 13.2. The first-order valence-corrected chi connectivity index (χ1v) is 20.0. The van der Waals surface area contributed by atoms with Crippen LogP contribution in [0.3, 0.4) is 0 Å². The predicted octanol–water partition coefficient (Wildman–Crippen LogP) is 5.56. The zero-order chi connectivity index (χ0) is 42.8. The number of hydrogen-bond donors (Lipinski definition) is 4. The van der Waals surface area contributed by atoms with Crippen LogP contribution in [0, 0.1) is 31.6 Å². The molecule has 59 heavy (non-hydrogen) atoms. The largest absolute Gasteiger partial charge is 0.368 e. The highest BCUT2D eigenvalue weighted by Crippen LogP contribution is 2.41. The maximum absolute atomic E-state index is 14.7. The van der Waals surface area contributed by atoms with Crippen LogP contribution in [0.25, 0.3) is 0 Å². The van der Waals surface area contributed by atoms with Crippen molar-refractivity contribution in [2.24, 2.45) is 23.5 Å². The molecule has 4 aromatic rings. The molecule has 0 saturated carbocycles. The Labute approximate surface area is 345 Å². The predicted molar refractivity (Wildman–Crippen MR) is 226 cm³/mol. The zero-order valence-corrected chi connectivity index (χ0v) is 34.9. The lowest BCUT2D eigenvalue weighted by molar-refractivity contribution is -0.154. The molecule has 6 amide bonds. The highest BCUT2D eigenvalue weighted by atomic mass is 16.2. The number of anilines is 4. The third-order valence-corrected chi connectivity index (χ3v) is 11.4. The highest BCUT2D eigenvalue weighted by Gasteiger charge is 2.58. The number of nitrogens with two attached hydrogens (primary N) is 1. The van der Waals surface area contributed by atoms with Crippen molar-refractivity contribution in [2.45, 2.75) is 85.5 Å². The summed E-state index contributed by atoms with van der Waals surface area (Å²) in [7, 11) is 1.63. The maximum atomic E-state index is 14.7. The Balaban J connectivity index is 1.22. The van der Waals surface area contributed by atoms with Crippen LogP contribution in [-0.2, 0) is 20.9 Å². The van der Waals surface area contributed by atoms with Gasteiger partial charge < -0.3 is 26.6 Å². The van der Waals surface area contributed by atoms with Gasteiger partial charge in [-0.3, -0.25) is 34.0 Å². The van der Waals surface area contributed by atoms with Crippen LogP contribution in [-0.4, -0.2) is 74.7 Å². The Bertz CT molecular complexity index is 2230. The van der Waals surface area contributed by atoms with Gasteiger partial charge in [0.25, 0.3) is 5.91 Å². The van der Waals surface area contributed by atoms with Gasteiger partial charge in [0, 0.05) is 42.3 Å². The molecule has 1 unspecified atom stereocenters. The Morgan fingerprint density at radius 2 is 1.61 bits per heavy atom. The van der Waals surface area contributed by atoms with Crippen molar-refractivity contribution in [2.75, 3.05) is 28.7 Å². The molecule has 4 heterocycles. The molecule has 5 N–H and O–H groups in total. The Kier molecular flexibility index (Phi) is 12.3. The lowest BCUT2D eigenvalue weighted by Gasteiger charge is -2.44. The first-order valence-electron chi connectivity index (χ1n) is 20.0. The van der Waals surface area contributed by atoms with Crippen LogP contribution >= 0.6 is 0 Å². The minimum Gasteiger partial charge on any atom is -0.368 e.